The summed E-state index contributed by atoms with van der Waals surface area (Å²) in [7, 11) is 0. The molecule has 4 N–H and O–H groups in total. The Balaban J connectivity index is 1.47. The molecule has 2 aromatic rings. The Kier molecular flexibility index (Phi) is 7.37. The quantitative estimate of drug-likeness (QED) is 0.359. The number of hydrogen-bond acceptors (Lipinski definition) is 5. The number of hydrogen-bond donors (Lipinski definition) is 3. The fraction of sp³-hybridized carbons (Fsp3) is 0.304. The normalized spacial score (nSPS) is 15.9. The van der Waals surface area contributed by atoms with Crippen molar-refractivity contribution in [1.29, 1.82) is 5.41 Å². The molecule has 162 valence electrons. The fourth-order valence-electron chi connectivity index (χ4n) is 3.54. The molecule has 0 spiro atoms. The van der Waals surface area contributed by atoms with Gasteiger partial charge in [0.1, 0.15) is 5.84 Å². The number of benzene rings is 2. The van der Waals surface area contributed by atoms with Crippen LogP contribution in [0.15, 0.2) is 54.6 Å². The molecule has 1 atom stereocenters. The van der Waals surface area contributed by atoms with Gasteiger partial charge in [-0.1, -0.05) is 30.3 Å². The van der Waals surface area contributed by atoms with E-state index in [0.29, 0.717) is 30.6 Å². The first kappa shape index (κ1) is 22.0. The molecular weight excluding hydrogens is 396 g/mol. The van der Waals surface area contributed by atoms with Crippen LogP contribution in [-0.2, 0) is 25.6 Å². The van der Waals surface area contributed by atoms with Gasteiger partial charge in [0.2, 0.25) is 5.91 Å². The second-order valence-corrected chi connectivity index (χ2v) is 7.48. The number of nitrogens with two attached hydrogens (primary N) is 1. The number of anilines is 1. The number of rotatable bonds is 7. The highest BCUT2D eigenvalue weighted by molar-refractivity contribution is 5.99. The lowest BCUT2D eigenvalue weighted by Gasteiger charge is -2.32. The molecule has 2 amide bonds. The summed E-state index contributed by atoms with van der Waals surface area (Å²) in [6, 6.07) is 16.4. The average molecular weight is 422 g/mol. The number of carbonyl (C=O) groups excluding carboxylic acids is 3. The lowest BCUT2D eigenvalue weighted by Crippen LogP contribution is -2.43. The molecule has 8 heteroatoms. The van der Waals surface area contributed by atoms with E-state index >= 15 is 0 Å². The second-order valence-electron chi connectivity index (χ2n) is 7.48. The number of hydroxylamine groups is 1. The van der Waals surface area contributed by atoms with Gasteiger partial charge in [-0.3, -0.25) is 15.0 Å². The number of amides is 2. The van der Waals surface area contributed by atoms with Crippen LogP contribution in [0.5, 0.6) is 0 Å². The summed E-state index contributed by atoms with van der Waals surface area (Å²) >= 11 is 0. The Bertz CT molecular complexity index is 944. The van der Waals surface area contributed by atoms with Crippen LogP contribution in [0.1, 0.15) is 36.8 Å². The van der Waals surface area contributed by atoms with E-state index in [0.717, 1.165) is 12.0 Å². The number of piperidine rings is 1. The van der Waals surface area contributed by atoms with Gasteiger partial charge >= 0.3 is 5.97 Å². The highest BCUT2D eigenvalue weighted by Gasteiger charge is 2.31. The van der Waals surface area contributed by atoms with Gasteiger partial charge in [-0.25, -0.2) is 4.79 Å². The van der Waals surface area contributed by atoms with E-state index in [4.69, 9.17) is 16.0 Å². The fourth-order valence-corrected chi connectivity index (χ4v) is 3.54. The molecule has 1 aliphatic rings. The van der Waals surface area contributed by atoms with Gasteiger partial charge in [0.25, 0.3) is 5.91 Å². The molecule has 2 aromatic carbocycles. The predicted octanol–water partition coefficient (Wildman–Crippen LogP) is 2.31. The maximum atomic E-state index is 12.8. The van der Waals surface area contributed by atoms with Gasteiger partial charge in [-0.2, -0.15) is 5.48 Å². The van der Waals surface area contributed by atoms with E-state index in [1.54, 1.807) is 29.2 Å². The third kappa shape index (κ3) is 6.15. The minimum Gasteiger partial charge on any atom is -0.384 e. The number of carbonyl (C=O) groups is 3. The molecule has 0 aromatic heterocycles. The zero-order valence-electron chi connectivity index (χ0n) is 17.2. The Morgan fingerprint density at radius 3 is 2.52 bits per heavy atom. The third-order valence-electron chi connectivity index (χ3n) is 5.21. The summed E-state index contributed by atoms with van der Waals surface area (Å²) in [5.74, 6) is -1.69. The third-order valence-corrected chi connectivity index (χ3v) is 5.21. The van der Waals surface area contributed by atoms with Crippen molar-refractivity contribution in [3.8, 4) is 0 Å². The van der Waals surface area contributed by atoms with E-state index in [-0.39, 0.29) is 24.6 Å². The molecule has 0 unspecified atom stereocenters. The number of nitrogens with zero attached hydrogens (tertiary/aromatic N) is 1. The molecule has 3 rings (SSSR count). The van der Waals surface area contributed by atoms with Crippen LogP contribution in [0.2, 0.25) is 0 Å². The van der Waals surface area contributed by atoms with E-state index in [2.05, 4.69) is 5.48 Å². The Morgan fingerprint density at radius 2 is 1.84 bits per heavy atom. The summed E-state index contributed by atoms with van der Waals surface area (Å²) < 4.78 is 0. The molecule has 0 bridgehead atoms. The van der Waals surface area contributed by atoms with Crippen molar-refractivity contribution < 1.29 is 19.2 Å². The molecule has 1 saturated heterocycles. The molecule has 0 radical (unpaired) electrons. The average Bonchev–Trinajstić information content (AvgIpc) is 2.78. The van der Waals surface area contributed by atoms with Crippen molar-refractivity contribution >= 4 is 29.3 Å². The minimum absolute atomic E-state index is 0.0376. The lowest BCUT2D eigenvalue weighted by molar-refractivity contribution is -0.158. The molecule has 1 aliphatic heterocycles. The Labute approximate surface area is 180 Å². The topological polar surface area (TPSA) is 126 Å². The van der Waals surface area contributed by atoms with E-state index in [1.807, 2.05) is 30.3 Å². The monoisotopic (exact) mass is 422 g/mol. The first-order chi connectivity index (χ1) is 14.9. The summed E-state index contributed by atoms with van der Waals surface area (Å²) in [4.78, 5) is 43.4. The van der Waals surface area contributed by atoms with Gasteiger partial charge in [0.05, 0.1) is 6.42 Å². The van der Waals surface area contributed by atoms with Crippen LogP contribution in [0, 0.1) is 11.3 Å². The van der Waals surface area contributed by atoms with E-state index in [1.165, 1.54) is 0 Å². The molecule has 1 heterocycles. The van der Waals surface area contributed by atoms with Gasteiger partial charge in [0.15, 0.2) is 0 Å². The van der Waals surface area contributed by atoms with Crippen LogP contribution in [0.3, 0.4) is 0 Å². The van der Waals surface area contributed by atoms with Gasteiger partial charge < -0.3 is 15.5 Å². The van der Waals surface area contributed by atoms with Crippen molar-refractivity contribution in [1.82, 2.24) is 5.48 Å². The Morgan fingerprint density at radius 1 is 1.13 bits per heavy atom. The Hall–Kier alpha value is -3.68. The summed E-state index contributed by atoms with van der Waals surface area (Å²) in [5.41, 5.74) is 9.92. The first-order valence-electron chi connectivity index (χ1n) is 10.2. The number of nitrogen functional groups attached to an aromatic ring is 1. The van der Waals surface area contributed by atoms with Crippen molar-refractivity contribution in [2.24, 2.45) is 11.7 Å². The summed E-state index contributed by atoms with van der Waals surface area (Å²) in [6.45, 7) is 0.560. The number of aryl methyl sites for hydroxylation is 1. The first-order valence-corrected chi connectivity index (χ1v) is 10.2. The van der Waals surface area contributed by atoms with Crippen LogP contribution >= 0.6 is 0 Å². The van der Waals surface area contributed by atoms with Gasteiger partial charge in [-0.05, 0) is 49.1 Å². The van der Waals surface area contributed by atoms with Crippen molar-refractivity contribution in [2.75, 3.05) is 11.4 Å². The molecule has 0 aliphatic carbocycles. The van der Waals surface area contributed by atoms with Crippen LogP contribution in [-0.4, -0.2) is 30.2 Å². The maximum Gasteiger partial charge on any atom is 0.332 e. The largest absolute Gasteiger partial charge is 0.384 e. The second kappa shape index (κ2) is 10.4. The van der Waals surface area contributed by atoms with Crippen molar-refractivity contribution in [3.63, 3.8) is 0 Å². The summed E-state index contributed by atoms with van der Waals surface area (Å²) in [6.07, 6.45) is 1.97. The smallest absolute Gasteiger partial charge is 0.332 e. The van der Waals surface area contributed by atoms with Crippen LogP contribution in [0.25, 0.3) is 0 Å². The van der Waals surface area contributed by atoms with Gasteiger partial charge in [0, 0.05) is 30.1 Å². The van der Waals surface area contributed by atoms with Crippen molar-refractivity contribution in [2.45, 2.75) is 32.1 Å². The molecular formula is C23H26N4O4. The molecule has 8 nitrogen and oxygen atoms in total. The molecule has 31 heavy (non-hydrogen) atoms. The van der Waals surface area contributed by atoms with Crippen LogP contribution in [0.4, 0.5) is 5.69 Å². The van der Waals surface area contributed by atoms with E-state index in [9.17, 15) is 14.4 Å². The zero-order chi connectivity index (χ0) is 22.2. The number of amidine groups is 1. The zero-order valence-corrected chi connectivity index (χ0v) is 17.2. The minimum atomic E-state index is -0.528. The van der Waals surface area contributed by atoms with Crippen molar-refractivity contribution in [3.05, 3.63) is 65.7 Å². The predicted molar refractivity (Wildman–Crippen MR) is 116 cm³/mol. The lowest BCUT2D eigenvalue weighted by atomic mass is 9.93. The highest BCUT2D eigenvalue weighted by atomic mass is 16.7. The highest BCUT2D eigenvalue weighted by Crippen LogP contribution is 2.26. The maximum absolute atomic E-state index is 12.8. The van der Waals surface area contributed by atoms with Gasteiger partial charge in [-0.15, -0.1) is 0 Å². The standard InChI is InChI=1S/C23H26N4O4/c24-22(25)17-9-11-19(12-10-17)27-14-4-7-18(23(27)30)15-20(28)26-31-21(29)13-8-16-5-2-1-3-6-16/h1-3,5-6,9-12,18H,4,7-8,13-15H2,(H3,24,25)(H,26,28)/t18-/m0/s1. The SMILES string of the molecule is N=C(N)c1ccc(N2CCC[C@@H](CC(=O)NOC(=O)CCc3ccccc3)C2=O)cc1. The molecule has 1 fully saturated rings. The van der Waals surface area contributed by atoms with E-state index < -0.39 is 17.8 Å². The molecule has 0 saturated carbocycles. The number of nitrogens with one attached hydrogen (secondary N) is 2. The summed E-state index contributed by atoms with van der Waals surface area (Å²) in [5, 5.41) is 7.46. The van der Waals surface area contributed by atoms with Crippen LogP contribution < -0.4 is 16.1 Å².